The highest BCUT2D eigenvalue weighted by molar-refractivity contribution is 5.95. The molecule has 8 heteroatoms. The van der Waals surface area contributed by atoms with Crippen LogP contribution in [0.15, 0.2) is 65.9 Å². The zero-order chi connectivity index (χ0) is 27.4. The first-order valence-corrected chi connectivity index (χ1v) is 13.3. The number of hydrogen-bond acceptors (Lipinski definition) is 5. The highest BCUT2D eigenvalue weighted by Crippen LogP contribution is 2.32. The molecule has 0 saturated carbocycles. The Labute approximate surface area is 225 Å². The van der Waals surface area contributed by atoms with Crippen molar-refractivity contribution in [3.05, 3.63) is 82.6 Å². The van der Waals surface area contributed by atoms with Gasteiger partial charge in [0.15, 0.2) is 0 Å². The molecule has 38 heavy (non-hydrogen) atoms. The Balaban J connectivity index is 1.61. The quantitative estimate of drug-likeness (QED) is 0.557. The molecule has 2 atom stereocenters. The molecular formula is C30H38N4O4. The zero-order valence-electron chi connectivity index (χ0n) is 22.9. The molecule has 0 unspecified atom stereocenters. The first-order chi connectivity index (χ1) is 18.2. The number of esters is 1. The first-order valence-electron chi connectivity index (χ1n) is 13.3. The summed E-state index contributed by atoms with van der Waals surface area (Å²) in [5, 5.41) is 2.99. The van der Waals surface area contributed by atoms with Gasteiger partial charge in [0.2, 0.25) is 0 Å². The lowest BCUT2D eigenvalue weighted by atomic mass is 9.92. The molecule has 2 aliphatic heterocycles. The van der Waals surface area contributed by atoms with Gasteiger partial charge in [-0.15, -0.1) is 0 Å². The van der Waals surface area contributed by atoms with Gasteiger partial charge in [0, 0.05) is 50.5 Å². The Bertz CT molecular complexity index is 1190. The lowest BCUT2D eigenvalue weighted by Crippen LogP contribution is -2.56. The van der Waals surface area contributed by atoms with Crippen LogP contribution in [0, 0.1) is 0 Å². The largest absolute Gasteiger partial charge is 0.463 e. The van der Waals surface area contributed by atoms with Gasteiger partial charge in [-0.1, -0.05) is 56.3 Å². The number of ether oxygens (including phenoxy) is 1. The molecule has 202 valence electrons. The van der Waals surface area contributed by atoms with Crippen LogP contribution in [0.3, 0.4) is 0 Å². The predicted octanol–water partition coefficient (Wildman–Crippen LogP) is 4.17. The third-order valence-corrected chi connectivity index (χ3v) is 7.38. The Hall–Kier alpha value is -3.65. The van der Waals surface area contributed by atoms with Crippen LogP contribution in [-0.4, -0.2) is 78.5 Å². The van der Waals surface area contributed by atoms with Gasteiger partial charge in [-0.3, -0.25) is 14.6 Å². The third-order valence-electron chi connectivity index (χ3n) is 7.38. The Morgan fingerprint density at radius 3 is 2.34 bits per heavy atom. The van der Waals surface area contributed by atoms with Gasteiger partial charge < -0.3 is 15.0 Å². The first kappa shape index (κ1) is 27.4. The maximum absolute atomic E-state index is 13.3. The normalized spacial score (nSPS) is 20.5. The standard InChI is InChI=1S/C30H38N4O4/c1-6-38-29(36)26-25(32(5)30(37)31-27(26)23-14-12-22(13-15-23)20(2)3)19-33-16-17-34(21(4)18-33)28(35)24-10-8-7-9-11-24/h7-15,20-21,27H,6,16-19H2,1-5H3,(H,31,37)/t21-,27-/m1/s1. The van der Waals surface area contributed by atoms with E-state index in [4.69, 9.17) is 4.74 Å². The van der Waals surface area contributed by atoms with E-state index in [1.807, 2.05) is 66.4 Å². The third kappa shape index (κ3) is 5.75. The minimum atomic E-state index is -0.604. The number of carbonyl (C=O) groups excluding carboxylic acids is 3. The molecule has 0 aromatic heterocycles. The second-order valence-electron chi connectivity index (χ2n) is 10.3. The fraction of sp³-hybridized carbons (Fsp3) is 0.433. The molecule has 8 nitrogen and oxygen atoms in total. The number of nitrogens with one attached hydrogen (secondary N) is 1. The SMILES string of the molecule is CCOC(=O)C1=C(CN2CCN(C(=O)c3ccccc3)[C@H](C)C2)N(C)C(=O)N[C@@H]1c1ccc(C(C)C)cc1. The average molecular weight is 519 g/mol. The molecule has 2 aliphatic rings. The maximum atomic E-state index is 13.3. The van der Waals surface area contributed by atoms with Crippen molar-refractivity contribution in [1.29, 1.82) is 0 Å². The number of hydrogen-bond donors (Lipinski definition) is 1. The van der Waals surface area contributed by atoms with Crippen molar-refractivity contribution in [1.82, 2.24) is 20.0 Å². The molecule has 3 amide bonds. The van der Waals surface area contributed by atoms with Gasteiger partial charge in [0.1, 0.15) is 0 Å². The second kappa shape index (κ2) is 11.8. The summed E-state index contributed by atoms with van der Waals surface area (Å²) < 4.78 is 5.47. The number of benzene rings is 2. The van der Waals surface area contributed by atoms with E-state index >= 15 is 0 Å². The van der Waals surface area contributed by atoms with E-state index in [1.54, 1.807) is 14.0 Å². The monoisotopic (exact) mass is 518 g/mol. The molecule has 1 fully saturated rings. The molecule has 0 aliphatic carbocycles. The Kier molecular flexibility index (Phi) is 8.52. The van der Waals surface area contributed by atoms with Crippen molar-refractivity contribution in [2.24, 2.45) is 0 Å². The van der Waals surface area contributed by atoms with Crippen LogP contribution in [0.1, 0.15) is 61.1 Å². The lowest BCUT2D eigenvalue weighted by molar-refractivity contribution is -0.139. The average Bonchev–Trinajstić information content (AvgIpc) is 2.91. The molecule has 0 spiro atoms. The second-order valence-corrected chi connectivity index (χ2v) is 10.3. The Morgan fingerprint density at radius 2 is 1.74 bits per heavy atom. The van der Waals surface area contributed by atoms with Crippen LogP contribution >= 0.6 is 0 Å². The van der Waals surface area contributed by atoms with Crippen LogP contribution in [0.5, 0.6) is 0 Å². The smallest absolute Gasteiger partial charge is 0.338 e. The molecular weight excluding hydrogens is 480 g/mol. The fourth-order valence-electron chi connectivity index (χ4n) is 5.16. The molecule has 2 aromatic rings. The van der Waals surface area contributed by atoms with Crippen molar-refractivity contribution in [3.8, 4) is 0 Å². The summed E-state index contributed by atoms with van der Waals surface area (Å²) >= 11 is 0. The van der Waals surface area contributed by atoms with Gasteiger partial charge in [-0.2, -0.15) is 0 Å². The Morgan fingerprint density at radius 1 is 1.05 bits per heavy atom. The number of amides is 3. The van der Waals surface area contributed by atoms with Crippen LogP contribution < -0.4 is 5.32 Å². The van der Waals surface area contributed by atoms with Gasteiger partial charge in [-0.25, -0.2) is 9.59 Å². The zero-order valence-corrected chi connectivity index (χ0v) is 22.9. The predicted molar refractivity (Wildman–Crippen MR) is 147 cm³/mol. The van der Waals surface area contributed by atoms with Crippen molar-refractivity contribution < 1.29 is 19.1 Å². The van der Waals surface area contributed by atoms with E-state index in [0.717, 1.165) is 5.56 Å². The number of carbonyl (C=O) groups is 3. The lowest BCUT2D eigenvalue weighted by Gasteiger charge is -2.42. The van der Waals surface area contributed by atoms with Gasteiger partial charge in [0.25, 0.3) is 5.91 Å². The number of rotatable bonds is 7. The summed E-state index contributed by atoms with van der Waals surface area (Å²) in [6, 6.07) is 16.4. The molecule has 2 heterocycles. The van der Waals surface area contributed by atoms with E-state index < -0.39 is 12.0 Å². The highest BCUT2D eigenvalue weighted by atomic mass is 16.5. The van der Waals surface area contributed by atoms with Crippen molar-refractivity contribution in [2.75, 3.05) is 39.8 Å². The summed E-state index contributed by atoms with van der Waals surface area (Å²) in [4.78, 5) is 45.0. The van der Waals surface area contributed by atoms with E-state index in [0.29, 0.717) is 48.9 Å². The summed E-state index contributed by atoms with van der Waals surface area (Å²) in [5.41, 5.74) is 3.77. The number of likely N-dealkylation sites (N-methyl/N-ethyl adjacent to an activating group) is 1. The number of nitrogens with zero attached hydrogens (tertiary/aromatic N) is 3. The van der Waals surface area contributed by atoms with E-state index in [-0.39, 0.29) is 24.6 Å². The highest BCUT2D eigenvalue weighted by Gasteiger charge is 2.38. The van der Waals surface area contributed by atoms with Crippen LogP contribution in [-0.2, 0) is 9.53 Å². The number of piperazine rings is 1. The molecule has 0 radical (unpaired) electrons. The van der Waals surface area contributed by atoms with E-state index in [2.05, 4.69) is 24.1 Å². The summed E-state index contributed by atoms with van der Waals surface area (Å²) in [6.07, 6.45) is 0. The minimum Gasteiger partial charge on any atom is -0.463 e. The molecule has 2 aromatic carbocycles. The van der Waals surface area contributed by atoms with Gasteiger partial charge in [0.05, 0.1) is 18.2 Å². The molecule has 1 N–H and O–H groups in total. The van der Waals surface area contributed by atoms with E-state index in [1.165, 1.54) is 10.5 Å². The van der Waals surface area contributed by atoms with Gasteiger partial charge >= 0.3 is 12.0 Å². The van der Waals surface area contributed by atoms with Crippen molar-refractivity contribution in [3.63, 3.8) is 0 Å². The molecule has 0 bridgehead atoms. The fourth-order valence-corrected chi connectivity index (χ4v) is 5.16. The van der Waals surface area contributed by atoms with E-state index in [9.17, 15) is 14.4 Å². The van der Waals surface area contributed by atoms with Crippen molar-refractivity contribution in [2.45, 2.75) is 45.7 Å². The van der Waals surface area contributed by atoms with Crippen LogP contribution in [0.25, 0.3) is 0 Å². The molecule has 4 rings (SSSR count). The minimum absolute atomic E-state index is 0.0169. The summed E-state index contributed by atoms with van der Waals surface area (Å²) in [7, 11) is 1.68. The summed E-state index contributed by atoms with van der Waals surface area (Å²) in [5.74, 6) is -0.0392. The van der Waals surface area contributed by atoms with Crippen LogP contribution in [0.2, 0.25) is 0 Å². The van der Waals surface area contributed by atoms with Crippen LogP contribution in [0.4, 0.5) is 4.79 Å². The number of urea groups is 1. The van der Waals surface area contributed by atoms with Gasteiger partial charge in [-0.05, 0) is 43.0 Å². The molecule has 1 saturated heterocycles. The topological polar surface area (TPSA) is 82.2 Å². The summed E-state index contributed by atoms with van der Waals surface area (Å²) in [6.45, 7) is 10.5. The maximum Gasteiger partial charge on any atom is 0.338 e. The van der Waals surface area contributed by atoms with Crippen molar-refractivity contribution >= 4 is 17.9 Å².